The maximum absolute atomic E-state index is 15.2. The molecule has 4 amide bonds. The Morgan fingerprint density at radius 1 is 0.894 bits per heavy atom. The number of phenolic OH excluding ortho intramolecular Hbond substituents is 1. The van der Waals surface area contributed by atoms with Gasteiger partial charge in [-0.15, -0.1) is 0 Å². The van der Waals surface area contributed by atoms with E-state index in [1.807, 2.05) is 88.4 Å². The lowest BCUT2D eigenvalue weighted by atomic mass is 9.49. The maximum Gasteiger partial charge on any atom is 0.260 e. The van der Waals surface area contributed by atoms with Crippen molar-refractivity contribution in [2.24, 2.45) is 23.7 Å². The lowest BCUT2D eigenvalue weighted by Gasteiger charge is -2.50. The van der Waals surface area contributed by atoms with E-state index in [-0.39, 0.29) is 35.6 Å². The Balaban J connectivity index is 1.46. The van der Waals surface area contributed by atoms with E-state index in [2.05, 4.69) is 5.43 Å². The van der Waals surface area contributed by atoms with Crippen molar-refractivity contribution >= 4 is 29.3 Å². The number of phenols is 1. The topological polar surface area (TPSA) is 116 Å². The van der Waals surface area contributed by atoms with Crippen LogP contribution in [0, 0.1) is 30.6 Å². The fourth-order valence-corrected chi connectivity index (χ4v) is 8.66. The minimum atomic E-state index is -1.39. The molecule has 0 radical (unpaired) electrons. The summed E-state index contributed by atoms with van der Waals surface area (Å²) >= 11 is 0. The lowest BCUT2D eigenvalue weighted by Crippen LogP contribution is -2.53. The van der Waals surface area contributed by atoms with E-state index in [4.69, 9.17) is 4.74 Å². The van der Waals surface area contributed by atoms with Gasteiger partial charge >= 0.3 is 0 Å². The zero-order valence-corrected chi connectivity index (χ0v) is 27.2. The minimum Gasteiger partial charge on any atom is -0.504 e. The molecule has 4 aliphatic rings. The summed E-state index contributed by atoms with van der Waals surface area (Å²) in [6, 6.07) is 21.8. The molecule has 2 N–H and O–H groups in total. The van der Waals surface area contributed by atoms with Crippen molar-refractivity contribution in [3.63, 3.8) is 0 Å². The number of methoxy groups -OCH3 is 1. The number of benzene rings is 3. The van der Waals surface area contributed by atoms with Gasteiger partial charge in [0.2, 0.25) is 11.8 Å². The first-order valence-corrected chi connectivity index (χ1v) is 16.1. The number of rotatable bonds is 5. The molecule has 2 aliphatic carbocycles. The molecule has 0 spiro atoms. The number of fused-ring (bicyclic) bond motifs is 4. The summed E-state index contributed by atoms with van der Waals surface area (Å²) in [5, 5.41) is 11.7. The Kier molecular flexibility index (Phi) is 7.07. The highest BCUT2D eigenvalue weighted by atomic mass is 16.5. The van der Waals surface area contributed by atoms with E-state index in [0.29, 0.717) is 23.2 Å². The Labute approximate surface area is 274 Å². The molecule has 9 nitrogen and oxygen atoms in total. The van der Waals surface area contributed by atoms with Crippen LogP contribution in [-0.4, -0.2) is 51.3 Å². The molecule has 1 saturated carbocycles. The predicted octanol–water partition coefficient (Wildman–Crippen LogP) is 5.49. The van der Waals surface area contributed by atoms with Gasteiger partial charge in [0.15, 0.2) is 11.5 Å². The summed E-state index contributed by atoms with van der Waals surface area (Å²) in [6.45, 7) is 7.53. The van der Waals surface area contributed by atoms with Crippen molar-refractivity contribution in [1.82, 2.24) is 9.91 Å². The molecule has 47 heavy (non-hydrogen) atoms. The predicted molar refractivity (Wildman–Crippen MR) is 175 cm³/mol. The normalized spacial score (nSPS) is 28.5. The number of ether oxygens (including phenoxy) is 1. The van der Waals surface area contributed by atoms with Crippen molar-refractivity contribution in [3.8, 4) is 11.5 Å². The van der Waals surface area contributed by atoms with E-state index in [0.717, 1.165) is 16.1 Å². The molecule has 2 aliphatic heterocycles. The zero-order chi connectivity index (χ0) is 33.4. The largest absolute Gasteiger partial charge is 0.504 e. The molecule has 7 rings (SSSR count). The number of carbonyl (C=O) groups is 4. The first kappa shape index (κ1) is 30.7. The number of likely N-dealkylation sites (tertiary alicyclic amines) is 1. The Morgan fingerprint density at radius 2 is 1.60 bits per heavy atom. The molecule has 3 aromatic rings. The van der Waals surface area contributed by atoms with Crippen LogP contribution in [0.15, 0.2) is 84.4 Å². The fraction of sp³-hybridized carbons (Fsp3) is 0.368. The van der Waals surface area contributed by atoms with Crippen LogP contribution in [0.1, 0.15) is 56.2 Å². The quantitative estimate of drug-likeness (QED) is 0.282. The van der Waals surface area contributed by atoms with E-state index in [1.54, 1.807) is 12.1 Å². The maximum atomic E-state index is 15.2. The molecule has 2 saturated heterocycles. The molecule has 0 aromatic heterocycles. The number of nitrogens with zero attached hydrogens (tertiary/aromatic N) is 2. The van der Waals surface area contributed by atoms with E-state index in [1.165, 1.54) is 18.1 Å². The standard InChI is InChI=1S/C38H39N3O6/c1-21-11-14-24(15-12-21)39-41-34(44)28-20-27-25(16-17-26-31(27)35(45)40(33(26)43)37(2,3)4)32(22-13-18-29(42)30(19-22)47-5)38(28,36(41)46)23-9-7-6-8-10-23/h6-16,18-19,26-28,31-32,39,42H,17,20H2,1-5H3/t26-,27+,28-,31-,32-,38+/m0/s1. The average Bonchev–Trinajstić information content (AvgIpc) is 3.44. The average molecular weight is 634 g/mol. The number of carbonyl (C=O) groups excluding carboxylic acids is 4. The second-order valence-electron chi connectivity index (χ2n) is 14.2. The summed E-state index contributed by atoms with van der Waals surface area (Å²) in [5.41, 5.74) is 4.86. The highest BCUT2D eigenvalue weighted by molar-refractivity contribution is 6.13. The molecular weight excluding hydrogens is 594 g/mol. The molecule has 6 atom stereocenters. The van der Waals surface area contributed by atoms with Gasteiger partial charge < -0.3 is 9.84 Å². The Morgan fingerprint density at radius 3 is 2.26 bits per heavy atom. The van der Waals surface area contributed by atoms with Crippen LogP contribution in [0.3, 0.4) is 0 Å². The van der Waals surface area contributed by atoms with Gasteiger partial charge in [0.25, 0.3) is 11.8 Å². The number of amides is 4. The second kappa shape index (κ2) is 10.8. The first-order chi connectivity index (χ1) is 22.4. The summed E-state index contributed by atoms with van der Waals surface area (Å²) < 4.78 is 5.52. The van der Waals surface area contributed by atoms with Gasteiger partial charge in [-0.1, -0.05) is 65.7 Å². The third-order valence-corrected chi connectivity index (χ3v) is 10.6. The van der Waals surface area contributed by atoms with Crippen molar-refractivity contribution in [3.05, 3.63) is 101 Å². The highest BCUT2D eigenvalue weighted by Crippen LogP contribution is 2.64. The fourth-order valence-electron chi connectivity index (χ4n) is 8.66. The van der Waals surface area contributed by atoms with Gasteiger partial charge in [-0.25, -0.2) is 0 Å². The molecule has 9 heteroatoms. The monoisotopic (exact) mass is 633 g/mol. The molecule has 0 unspecified atom stereocenters. The van der Waals surface area contributed by atoms with Gasteiger partial charge in [-0.2, -0.15) is 5.01 Å². The van der Waals surface area contributed by atoms with Crippen LogP contribution < -0.4 is 10.2 Å². The third kappa shape index (κ3) is 4.42. The van der Waals surface area contributed by atoms with Gasteiger partial charge in [-0.05, 0) is 81.8 Å². The second-order valence-corrected chi connectivity index (χ2v) is 14.2. The number of aromatic hydroxyl groups is 1. The molecule has 2 heterocycles. The van der Waals surface area contributed by atoms with Crippen molar-refractivity contribution in [1.29, 1.82) is 0 Å². The summed E-state index contributed by atoms with van der Waals surface area (Å²) in [4.78, 5) is 59.2. The van der Waals surface area contributed by atoms with Crippen molar-refractivity contribution in [2.75, 3.05) is 12.5 Å². The Hall–Kier alpha value is -4.92. The van der Waals surface area contributed by atoms with Gasteiger partial charge in [-0.3, -0.25) is 29.5 Å². The highest BCUT2D eigenvalue weighted by Gasteiger charge is 2.70. The Bertz CT molecular complexity index is 1830. The van der Waals surface area contributed by atoms with Crippen LogP contribution in [0.2, 0.25) is 0 Å². The molecule has 242 valence electrons. The smallest absolute Gasteiger partial charge is 0.260 e. The van der Waals surface area contributed by atoms with Crippen LogP contribution in [-0.2, 0) is 24.6 Å². The molecule has 3 fully saturated rings. The van der Waals surface area contributed by atoms with E-state index >= 15 is 4.79 Å². The zero-order valence-electron chi connectivity index (χ0n) is 27.2. The number of allylic oxidation sites excluding steroid dienone is 2. The van der Waals surface area contributed by atoms with Crippen LogP contribution in [0.25, 0.3) is 0 Å². The molecule has 3 aromatic carbocycles. The number of hydrogen-bond donors (Lipinski definition) is 2. The first-order valence-electron chi connectivity index (χ1n) is 16.1. The van der Waals surface area contributed by atoms with Crippen molar-refractivity contribution in [2.45, 2.75) is 57.4 Å². The number of anilines is 1. The lowest BCUT2D eigenvalue weighted by molar-refractivity contribution is -0.146. The van der Waals surface area contributed by atoms with Gasteiger partial charge in [0.1, 0.15) is 0 Å². The number of imide groups is 2. The third-order valence-electron chi connectivity index (χ3n) is 10.6. The molecular formula is C38H39N3O6. The summed E-state index contributed by atoms with van der Waals surface area (Å²) in [6.07, 6.45) is 2.60. The van der Waals surface area contributed by atoms with Crippen LogP contribution in [0.4, 0.5) is 5.69 Å². The van der Waals surface area contributed by atoms with Crippen LogP contribution in [0.5, 0.6) is 11.5 Å². The SMILES string of the molecule is COc1cc([C@H]2C3=CC[C@@H]4C(=O)N(C(C)(C)C)C(=O)[C@@H]4[C@@H]3C[C@H]3C(=O)N(Nc4ccc(C)cc4)C(=O)[C@@]23c2ccccc2)ccc1O. The number of aryl methyl sites for hydroxylation is 1. The number of nitrogens with one attached hydrogen (secondary N) is 1. The molecule has 0 bridgehead atoms. The van der Waals surface area contributed by atoms with Crippen molar-refractivity contribution < 1.29 is 29.0 Å². The summed E-state index contributed by atoms with van der Waals surface area (Å²) in [5.74, 6) is -4.24. The van der Waals surface area contributed by atoms with E-state index < -0.39 is 46.5 Å². The summed E-state index contributed by atoms with van der Waals surface area (Å²) in [7, 11) is 1.46. The number of hydrogen-bond acceptors (Lipinski definition) is 7. The van der Waals surface area contributed by atoms with Gasteiger partial charge in [0, 0.05) is 11.5 Å². The van der Waals surface area contributed by atoms with Crippen LogP contribution >= 0.6 is 0 Å². The minimum absolute atomic E-state index is 0.0551. The van der Waals surface area contributed by atoms with E-state index in [9.17, 15) is 19.5 Å². The number of hydrazine groups is 1. The van der Waals surface area contributed by atoms with Gasteiger partial charge in [0.05, 0.1) is 36.0 Å².